The van der Waals surface area contributed by atoms with Gasteiger partial charge in [0.25, 0.3) is 0 Å². The van der Waals surface area contributed by atoms with Crippen molar-refractivity contribution in [2.45, 2.75) is 50.5 Å². The van der Waals surface area contributed by atoms with Gasteiger partial charge in [0.1, 0.15) is 6.42 Å². The molecule has 1 aromatic carbocycles. The largest absolute Gasteiger partial charge is 0.424 e. The second-order valence-corrected chi connectivity index (χ2v) is 9.56. The van der Waals surface area contributed by atoms with Crippen LogP contribution < -0.4 is 11.1 Å². The van der Waals surface area contributed by atoms with Gasteiger partial charge in [0.2, 0.25) is 23.6 Å². The molecule has 184 valence electrons. The number of aryl methyl sites for hydroxylation is 1. The molecule has 11 nitrogen and oxygen atoms in total. The number of aromatic nitrogens is 4. The number of carbonyl (C=O) groups excluding carboxylic acids is 1. The van der Waals surface area contributed by atoms with Crippen molar-refractivity contribution in [1.29, 1.82) is 5.53 Å². The van der Waals surface area contributed by atoms with Crippen molar-refractivity contribution < 1.29 is 9.21 Å². The Balaban J connectivity index is 1.10. The molecule has 0 saturated heterocycles. The van der Waals surface area contributed by atoms with Gasteiger partial charge in [0, 0.05) is 36.5 Å². The summed E-state index contributed by atoms with van der Waals surface area (Å²) in [4.78, 5) is 23.7. The molecular formula is C25H27N9O2. The predicted molar refractivity (Wildman–Crippen MR) is 129 cm³/mol. The lowest BCUT2D eigenvalue weighted by Gasteiger charge is -2.27. The molecule has 0 radical (unpaired) electrons. The lowest BCUT2D eigenvalue weighted by molar-refractivity contribution is -0.130. The monoisotopic (exact) mass is 485 g/mol. The van der Waals surface area contributed by atoms with E-state index in [2.05, 4.69) is 49.9 Å². The highest BCUT2D eigenvalue weighted by atomic mass is 16.4. The molecule has 1 unspecified atom stereocenters. The Morgan fingerprint density at radius 3 is 2.78 bits per heavy atom. The molecule has 0 saturated carbocycles. The van der Waals surface area contributed by atoms with E-state index in [1.165, 1.54) is 11.1 Å². The number of nitrogens with zero attached hydrogens (tertiary/aromatic N) is 6. The van der Waals surface area contributed by atoms with Gasteiger partial charge in [-0.3, -0.25) is 4.79 Å². The molecule has 2 aromatic heterocycles. The van der Waals surface area contributed by atoms with Crippen molar-refractivity contribution in [2.24, 2.45) is 10.8 Å². The van der Waals surface area contributed by atoms with Crippen LogP contribution in [0.25, 0.3) is 0 Å². The molecule has 4 N–H and O–H groups in total. The summed E-state index contributed by atoms with van der Waals surface area (Å²) in [5, 5.41) is 15.3. The maximum atomic E-state index is 12.7. The first kappa shape index (κ1) is 22.3. The third kappa shape index (κ3) is 4.21. The van der Waals surface area contributed by atoms with Crippen molar-refractivity contribution in [2.75, 3.05) is 18.4 Å². The Bertz CT molecular complexity index is 1340. The highest BCUT2D eigenvalue weighted by Crippen LogP contribution is 2.37. The van der Waals surface area contributed by atoms with Gasteiger partial charge in [-0.1, -0.05) is 24.3 Å². The number of amides is 1. The van der Waals surface area contributed by atoms with Crippen LogP contribution in [0, 0.1) is 5.53 Å². The van der Waals surface area contributed by atoms with Crippen molar-refractivity contribution >= 4 is 11.9 Å². The summed E-state index contributed by atoms with van der Waals surface area (Å²) in [6, 6.07) is 8.83. The minimum Gasteiger partial charge on any atom is -0.424 e. The van der Waals surface area contributed by atoms with Crippen molar-refractivity contribution in [3.63, 3.8) is 0 Å². The second-order valence-electron chi connectivity index (χ2n) is 9.56. The molecule has 3 aromatic rings. The molecule has 3 heterocycles. The van der Waals surface area contributed by atoms with Gasteiger partial charge in [-0.25, -0.2) is 15.5 Å². The zero-order valence-electron chi connectivity index (χ0n) is 19.8. The van der Waals surface area contributed by atoms with E-state index in [4.69, 9.17) is 20.7 Å². The number of anilines is 1. The minimum atomic E-state index is -0.142. The molecule has 0 bridgehead atoms. The Morgan fingerprint density at radius 2 is 2.03 bits per heavy atom. The van der Waals surface area contributed by atoms with Crippen molar-refractivity contribution in [3.05, 3.63) is 76.0 Å². The summed E-state index contributed by atoms with van der Waals surface area (Å²) in [5.74, 6) is 1.20. The molecule has 0 fully saturated rings. The van der Waals surface area contributed by atoms with Gasteiger partial charge in [-0.05, 0) is 36.8 Å². The maximum absolute atomic E-state index is 12.7. The SMILES string of the molecule is N=NC1=C(N)CN(C(=O)Cc2nnc(C3CCc4nc(NC5Cc6ccccc6C5)ncc43)o2)CC1. The highest BCUT2D eigenvalue weighted by Gasteiger charge is 2.32. The standard InChI is InChI=1S/C25H27N9O2/c26-19-13-34(8-7-21(19)31-27)23(35)11-22-32-33-24(36-22)17-5-6-20-18(17)12-28-25(30-20)29-16-9-14-3-1-2-4-15(14)10-16/h1-4,12,16-17,27H,5-11,13,26H2,(H,28,29,30). The van der Waals surface area contributed by atoms with Crippen LogP contribution in [0.5, 0.6) is 0 Å². The zero-order chi connectivity index (χ0) is 24.6. The summed E-state index contributed by atoms with van der Waals surface area (Å²) in [7, 11) is 0. The second kappa shape index (κ2) is 9.14. The average Bonchev–Trinajstić information content (AvgIpc) is 3.61. The predicted octanol–water partition coefficient (Wildman–Crippen LogP) is 2.49. The molecule has 36 heavy (non-hydrogen) atoms. The summed E-state index contributed by atoms with van der Waals surface area (Å²) in [6.07, 6.45) is 5.91. The maximum Gasteiger partial charge on any atom is 0.232 e. The fourth-order valence-electron chi connectivity index (χ4n) is 5.36. The van der Waals surface area contributed by atoms with E-state index >= 15 is 0 Å². The molecule has 11 heteroatoms. The van der Waals surface area contributed by atoms with Crippen molar-refractivity contribution in [1.82, 2.24) is 25.1 Å². The molecule has 6 rings (SSSR count). The van der Waals surface area contributed by atoms with Gasteiger partial charge in [0.15, 0.2) is 0 Å². The first-order valence-electron chi connectivity index (χ1n) is 12.2. The minimum absolute atomic E-state index is 0.0103. The number of benzene rings is 1. The summed E-state index contributed by atoms with van der Waals surface area (Å²) < 4.78 is 5.90. The van der Waals surface area contributed by atoms with Gasteiger partial charge in [0.05, 0.1) is 23.9 Å². The van der Waals surface area contributed by atoms with E-state index in [0.717, 1.165) is 36.9 Å². The Hall–Kier alpha value is -4.15. The molecular weight excluding hydrogens is 458 g/mol. The van der Waals surface area contributed by atoms with Gasteiger partial charge >= 0.3 is 0 Å². The number of fused-ring (bicyclic) bond motifs is 2. The fourth-order valence-corrected chi connectivity index (χ4v) is 5.36. The Morgan fingerprint density at radius 1 is 1.22 bits per heavy atom. The van der Waals surface area contributed by atoms with Crippen molar-refractivity contribution in [3.8, 4) is 0 Å². The third-order valence-corrected chi connectivity index (χ3v) is 7.25. The fraction of sp³-hybridized carbons (Fsp3) is 0.400. The molecule has 1 atom stereocenters. The van der Waals surface area contributed by atoms with E-state index in [0.29, 0.717) is 42.2 Å². The smallest absolute Gasteiger partial charge is 0.232 e. The van der Waals surface area contributed by atoms with E-state index in [9.17, 15) is 4.79 Å². The van der Waals surface area contributed by atoms with Crippen LogP contribution in [0.1, 0.15) is 52.9 Å². The first-order valence-corrected chi connectivity index (χ1v) is 12.2. The third-order valence-electron chi connectivity index (χ3n) is 7.25. The number of hydrogen-bond donors (Lipinski definition) is 3. The molecule has 3 aliphatic rings. The van der Waals surface area contributed by atoms with Gasteiger partial charge in [-0.15, -0.1) is 10.2 Å². The van der Waals surface area contributed by atoms with E-state index in [1.54, 1.807) is 4.90 Å². The quantitative estimate of drug-likeness (QED) is 0.449. The topological polar surface area (TPSA) is 159 Å². The number of hydrogen-bond acceptors (Lipinski definition) is 10. The van der Waals surface area contributed by atoms with Crippen LogP contribution in [0.4, 0.5) is 5.95 Å². The van der Waals surface area contributed by atoms with Crippen LogP contribution in [0.3, 0.4) is 0 Å². The lowest BCUT2D eigenvalue weighted by Crippen LogP contribution is -2.39. The molecule has 0 spiro atoms. The first-order chi connectivity index (χ1) is 17.6. The van der Waals surface area contributed by atoms with Crippen LogP contribution in [-0.2, 0) is 30.5 Å². The molecule has 2 aliphatic carbocycles. The lowest BCUT2D eigenvalue weighted by atomic mass is 10.0. The Labute approximate surface area is 207 Å². The summed E-state index contributed by atoms with van der Waals surface area (Å²) >= 11 is 0. The highest BCUT2D eigenvalue weighted by molar-refractivity contribution is 5.78. The van der Waals surface area contributed by atoms with Gasteiger partial charge in [-0.2, -0.15) is 5.11 Å². The Kier molecular flexibility index (Phi) is 5.67. The summed E-state index contributed by atoms with van der Waals surface area (Å²) in [5.41, 5.74) is 18.8. The van der Waals surface area contributed by atoms with E-state index in [-0.39, 0.29) is 30.7 Å². The van der Waals surface area contributed by atoms with Gasteiger partial charge < -0.3 is 20.4 Å². The number of nitrogens with one attached hydrogen (secondary N) is 2. The van der Waals surface area contributed by atoms with Crippen LogP contribution >= 0.6 is 0 Å². The number of nitrogens with two attached hydrogens (primary N) is 1. The number of rotatable bonds is 6. The van der Waals surface area contributed by atoms with E-state index < -0.39 is 0 Å². The van der Waals surface area contributed by atoms with E-state index in [1.807, 2.05) is 6.20 Å². The number of carbonyl (C=O) groups is 1. The van der Waals surface area contributed by atoms with Crippen LogP contribution in [-0.4, -0.2) is 50.1 Å². The zero-order valence-corrected chi connectivity index (χ0v) is 19.8. The normalized spacial score (nSPS) is 19.3. The average molecular weight is 486 g/mol. The molecule has 1 aliphatic heterocycles. The molecule has 1 amide bonds. The van der Waals surface area contributed by atoms with Crippen LogP contribution in [0.15, 0.2) is 51.4 Å². The van der Waals surface area contributed by atoms with Crippen LogP contribution in [0.2, 0.25) is 0 Å². The summed E-state index contributed by atoms with van der Waals surface area (Å²) in [6.45, 7) is 0.725.